The fraction of sp³-hybridized carbons (Fsp3) is 0.800. The van der Waals surface area contributed by atoms with E-state index in [0.717, 1.165) is 44.6 Å². The minimum absolute atomic E-state index is 0.158. The summed E-state index contributed by atoms with van der Waals surface area (Å²) in [6.45, 7) is 7.79. The Morgan fingerprint density at radius 3 is 2.50 bits per heavy atom. The second-order valence-electron chi connectivity index (χ2n) is 7.51. The van der Waals surface area contributed by atoms with E-state index < -0.39 is 10.0 Å². The molecule has 1 spiro atoms. The third-order valence-corrected chi connectivity index (χ3v) is 7.21. The SMILES string of the molecule is CC1(C)CC2(CCN(Cc3cscn3)CC2)CN1S(C)(=O)=O. The number of hydrogen-bond acceptors (Lipinski definition) is 5. The Morgan fingerprint density at radius 2 is 2.00 bits per heavy atom. The predicted octanol–water partition coefficient (Wildman–Crippen LogP) is 2.17. The van der Waals surface area contributed by atoms with E-state index in [1.54, 1.807) is 15.6 Å². The number of likely N-dealkylation sites (tertiary alicyclic amines) is 1. The number of rotatable bonds is 3. The lowest BCUT2D eigenvalue weighted by molar-refractivity contribution is 0.106. The van der Waals surface area contributed by atoms with Crippen LogP contribution in [0.4, 0.5) is 0 Å². The van der Waals surface area contributed by atoms with Crippen molar-refractivity contribution in [1.29, 1.82) is 0 Å². The van der Waals surface area contributed by atoms with Crippen LogP contribution in [0.5, 0.6) is 0 Å². The third-order valence-electron chi connectivity index (χ3n) is 5.15. The molecule has 0 amide bonds. The first kappa shape index (κ1) is 16.4. The third kappa shape index (κ3) is 3.22. The van der Waals surface area contributed by atoms with Crippen LogP contribution in [-0.4, -0.2) is 54.0 Å². The fourth-order valence-corrected chi connectivity index (χ4v) is 6.23. The van der Waals surface area contributed by atoms with E-state index in [9.17, 15) is 8.42 Å². The number of thiazole rings is 1. The van der Waals surface area contributed by atoms with E-state index in [2.05, 4.69) is 29.1 Å². The van der Waals surface area contributed by atoms with E-state index in [0.29, 0.717) is 6.54 Å². The average Bonchev–Trinajstić information content (AvgIpc) is 2.98. The molecule has 3 heterocycles. The summed E-state index contributed by atoms with van der Waals surface area (Å²) in [5.74, 6) is 0. The molecule has 1 aromatic heterocycles. The first-order valence-electron chi connectivity index (χ1n) is 7.78. The molecule has 2 aliphatic rings. The van der Waals surface area contributed by atoms with Crippen molar-refractivity contribution >= 4 is 21.4 Å². The Labute approximate surface area is 137 Å². The summed E-state index contributed by atoms with van der Waals surface area (Å²) >= 11 is 1.64. The first-order valence-corrected chi connectivity index (χ1v) is 10.6. The zero-order valence-corrected chi connectivity index (χ0v) is 15.2. The Bertz CT molecular complexity index is 617. The molecule has 0 saturated carbocycles. The Hall–Kier alpha value is -0.500. The summed E-state index contributed by atoms with van der Waals surface area (Å²) in [5.41, 5.74) is 2.92. The maximum Gasteiger partial charge on any atom is 0.211 e. The van der Waals surface area contributed by atoms with Gasteiger partial charge in [0.1, 0.15) is 0 Å². The molecule has 2 saturated heterocycles. The van der Waals surface area contributed by atoms with Gasteiger partial charge >= 0.3 is 0 Å². The van der Waals surface area contributed by atoms with Gasteiger partial charge in [-0.3, -0.25) is 4.90 Å². The molecule has 0 N–H and O–H groups in total. The summed E-state index contributed by atoms with van der Waals surface area (Å²) in [6.07, 6.45) is 4.46. The van der Waals surface area contributed by atoms with E-state index >= 15 is 0 Å². The summed E-state index contributed by atoms with van der Waals surface area (Å²) in [4.78, 5) is 6.80. The Morgan fingerprint density at radius 1 is 1.32 bits per heavy atom. The molecule has 124 valence electrons. The van der Waals surface area contributed by atoms with Crippen molar-refractivity contribution in [2.45, 2.75) is 45.2 Å². The number of nitrogens with zero attached hydrogens (tertiary/aromatic N) is 3. The van der Waals surface area contributed by atoms with Crippen molar-refractivity contribution in [3.8, 4) is 0 Å². The fourth-order valence-electron chi connectivity index (χ4n) is 4.21. The van der Waals surface area contributed by atoms with Gasteiger partial charge in [0.25, 0.3) is 0 Å². The molecule has 0 aromatic carbocycles. The summed E-state index contributed by atoms with van der Waals surface area (Å²) in [5, 5.41) is 2.11. The zero-order valence-electron chi connectivity index (χ0n) is 13.6. The molecule has 1 aromatic rings. The zero-order chi connectivity index (χ0) is 16.0. The van der Waals surface area contributed by atoms with Crippen LogP contribution in [0.3, 0.4) is 0 Å². The maximum atomic E-state index is 12.1. The van der Waals surface area contributed by atoms with Crippen molar-refractivity contribution in [1.82, 2.24) is 14.2 Å². The number of sulfonamides is 1. The van der Waals surface area contributed by atoms with Gasteiger partial charge in [-0.25, -0.2) is 13.4 Å². The van der Waals surface area contributed by atoms with Gasteiger partial charge in [0.2, 0.25) is 10.0 Å². The summed E-state index contributed by atoms with van der Waals surface area (Å²) < 4.78 is 25.8. The lowest BCUT2D eigenvalue weighted by Crippen LogP contribution is -2.43. The van der Waals surface area contributed by atoms with Crippen molar-refractivity contribution in [2.75, 3.05) is 25.9 Å². The van der Waals surface area contributed by atoms with Gasteiger partial charge < -0.3 is 0 Å². The Balaban J connectivity index is 1.66. The molecule has 0 atom stereocenters. The van der Waals surface area contributed by atoms with Crippen LogP contribution in [0.1, 0.15) is 38.8 Å². The van der Waals surface area contributed by atoms with Gasteiger partial charge in [0.15, 0.2) is 0 Å². The van der Waals surface area contributed by atoms with Gasteiger partial charge in [-0.1, -0.05) is 0 Å². The highest BCUT2D eigenvalue weighted by Crippen LogP contribution is 2.48. The van der Waals surface area contributed by atoms with E-state index in [1.165, 1.54) is 6.26 Å². The summed E-state index contributed by atoms with van der Waals surface area (Å²) in [6, 6.07) is 0. The second kappa shape index (κ2) is 5.54. The molecule has 2 fully saturated rings. The standard InChI is InChI=1S/C15H25N3O2S2/c1-14(2)10-15(11-18(14)22(3,19)20)4-6-17(7-5-15)8-13-9-21-12-16-13/h9,12H,4-8,10-11H2,1-3H3. The van der Waals surface area contributed by atoms with Crippen LogP contribution in [0, 0.1) is 5.41 Å². The van der Waals surface area contributed by atoms with Crippen molar-refractivity contribution in [2.24, 2.45) is 5.41 Å². The highest BCUT2D eigenvalue weighted by molar-refractivity contribution is 7.88. The van der Waals surface area contributed by atoms with E-state index in [4.69, 9.17) is 0 Å². The quantitative estimate of drug-likeness (QED) is 0.844. The Kier molecular flexibility index (Phi) is 4.12. The number of hydrogen-bond donors (Lipinski definition) is 0. The van der Waals surface area contributed by atoms with Gasteiger partial charge in [-0.05, 0) is 51.6 Å². The normalized spacial score (nSPS) is 25.8. The van der Waals surface area contributed by atoms with Crippen LogP contribution >= 0.6 is 11.3 Å². The topological polar surface area (TPSA) is 53.5 Å². The monoisotopic (exact) mass is 343 g/mol. The van der Waals surface area contributed by atoms with Gasteiger partial charge in [-0.2, -0.15) is 4.31 Å². The van der Waals surface area contributed by atoms with Crippen molar-refractivity contribution in [3.63, 3.8) is 0 Å². The minimum Gasteiger partial charge on any atom is -0.297 e. The van der Waals surface area contributed by atoms with Crippen LogP contribution in [0.15, 0.2) is 10.9 Å². The average molecular weight is 344 g/mol. The maximum absolute atomic E-state index is 12.1. The second-order valence-corrected chi connectivity index (χ2v) is 10.1. The molecule has 2 aliphatic heterocycles. The molecular formula is C15H25N3O2S2. The number of aromatic nitrogens is 1. The van der Waals surface area contributed by atoms with E-state index in [-0.39, 0.29) is 11.0 Å². The highest BCUT2D eigenvalue weighted by Gasteiger charge is 2.52. The predicted molar refractivity (Wildman–Crippen MR) is 89.3 cm³/mol. The summed E-state index contributed by atoms with van der Waals surface area (Å²) in [7, 11) is -3.13. The minimum atomic E-state index is -3.13. The molecule has 0 aliphatic carbocycles. The molecule has 3 rings (SSSR count). The van der Waals surface area contributed by atoms with Crippen molar-refractivity contribution in [3.05, 3.63) is 16.6 Å². The lowest BCUT2D eigenvalue weighted by Gasteiger charge is -2.39. The molecular weight excluding hydrogens is 318 g/mol. The van der Waals surface area contributed by atoms with E-state index in [1.807, 2.05) is 5.51 Å². The smallest absolute Gasteiger partial charge is 0.211 e. The van der Waals surface area contributed by atoms with Gasteiger partial charge in [0.05, 0.1) is 17.5 Å². The molecule has 5 nitrogen and oxygen atoms in total. The van der Waals surface area contributed by atoms with Crippen LogP contribution in [-0.2, 0) is 16.6 Å². The van der Waals surface area contributed by atoms with Crippen LogP contribution in [0.25, 0.3) is 0 Å². The lowest BCUT2D eigenvalue weighted by atomic mass is 9.74. The number of piperidine rings is 1. The van der Waals surface area contributed by atoms with Gasteiger partial charge in [0, 0.05) is 24.0 Å². The highest BCUT2D eigenvalue weighted by atomic mass is 32.2. The molecule has 0 radical (unpaired) electrons. The van der Waals surface area contributed by atoms with Crippen LogP contribution < -0.4 is 0 Å². The molecule has 0 unspecified atom stereocenters. The van der Waals surface area contributed by atoms with Crippen LogP contribution in [0.2, 0.25) is 0 Å². The van der Waals surface area contributed by atoms with Gasteiger partial charge in [-0.15, -0.1) is 11.3 Å². The first-order chi connectivity index (χ1) is 10.2. The molecule has 7 heteroatoms. The molecule has 22 heavy (non-hydrogen) atoms. The molecule has 0 bridgehead atoms. The van der Waals surface area contributed by atoms with Crippen molar-refractivity contribution < 1.29 is 8.42 Å². The largest absolute Gasteiger partial charge is 0.297 e.